The number of nitrogens with zero attached hydrogens (tertiary/aromatic N) is 2. The standard InChI is InChI=1S/C26H25F3N2O2/c27-26(28,29)24(32)21-7-5-20(6-8-21)19-3-1-18(2-4-19)17-31-13-10-25(11-14-31)15-22-9-12-30-16-23(22)33-25/h1-9,12,16,24,32H,10-11,13-15,17H2. The monoisotopic (exact) mass is 454 g/mol. The van der Waals surface area contributed by atoms with Gasteiger partial charge in [-0.05, 0) is 28.3 Å². The van der Waals surface area contributed by atoms with E-state index in [1.165, 1.54) is 23.3 Å². The summed E-state index contributed by atoms with van der Waals surface area (Å²) < 4.78 is 44.3. The molecule has 0 bridgehead atoms. The minimum atomic E-state index is -4.66. The third kappa shape index (κ3) is 4.61. The SMILES string of the molecule is OC(c1ccc(-c2ccc(CN3CCC4(CC3)Cc3ccncc3O4)cc2)cc1)C(F)(F)F. The number of aliphatic hydroxyl groups excluding tert-OH is 1. The molecule has 2 aromatic carbocycles. The average Bonchev–Trinajstić information content (AvgIpc) is 3.18. The second-order valence-electron chi connectivity index (χ2n) is 8.98. The lowest BCUT2D eigenvalue weighted by Crippen LogP contribution is -2.46. The van der Waals surface area contributed by atoms with Crippen molar-refractivity contribution in [3.05, 3.63) is 83.7 Å². The number of halogens is 3. The summed E-state index contributed by atoms with van der Waals surface area (Å²) in [7, 11) is 0. The predicted molar refractivity (Wildman–Crippen MR) is 119 cm³/mol. The molecule has 1 fully saturated rings. The van der Waals surface area contributed by atoms with Crippen molar-refractivity contribution in [2.45, 2.75) is 43.7 Å². The summed E-state index contributed by atoms with van der Waals surface area (Å²) in [6, 6.07) is 16.0. The van der Waals surface area contributed by atoms with Crippen LogP contribution in [0.25, 0.3) is 11.1 Å². The van der Waals surface area contributed by atoms with Gasteiger partial charge in [0.1, 0.15) is 11.4 Å². The molecule has 2 aliphatic heterocycles. The van der Waals surface area contributed by atoms with Gasteiger partial charge < -0.3 is 9.84 Å². The van der Waals surface area contributed by atoms with E-state index in [1.807, 2.05) is 30.6 Å². The molecule has 7 heteroatoms. The van der Waals surface area contributed by atoms with E-state index in [9.17, 15) is 18.3 Å². The van der Waals surface area contributed by atoms with E-state index in [-0.39, 0.29) is 11.2 Å². The van der Waals surface area contributed by atoms with Crippen LogP contribution in [0, 0.1) is 0 Å². The molecule has 0 radical (unpaired) electrons. The Hall–Kier alpha value is -2.90. The number of piperidine rings is 1. The van der Waals surface area contributed by atoms with Crippen LogP contribution in [0.4, 0.5) is 13.2 Å². The van der Waals surface area contributed by atoms with E-state index < -0.39 is 12.3 Å². The highest BCUT2D eigenvalue weighted by Gasteiger charge is 2.42. The fourth-order valence-corrected chi connectivity index (χ4v) is 4.77. The number of benzene rings is 2. The highest BCUT2D eigenvalue weighted by atomic mass is 19.4. The molecule has 2 aliphatic rings. The highest BCUT2D eigenvalue weighted by molar-refractivity contribution is 5.64. The van der Waals surface area contributed by atoms with Crippen LogP contribution in [-0.2, 0) is 13.0 Å². The van der Waals surface area contributed by atoms with Gasteiger partial charge in [-0.15, -0.1) is 0 Å². The molecule has 0 amide bonds. The van der Waals surface area contributed by atoms with Crippen molar-refractivity contribution in [1.82, 2.24) is 9.88 Å². The van der Waals surface area contributed by atoms with Gasteiger partial charge >= 0.3 is 6.18 Å². The summed E-state index contributed by atoms with van der Waals surface area (Å²) in [6.07, 6.45) is -0.581. The number of aliphatic hydroxyl groups is 1. The van der Waals surface area contributed by atoms with Crippen LogP contribution in [0.1, 0.15) is 35.6 Å². The normalized spacial score (nSPS) is 18.7. The summed E-state index contributed by atoms with van der Waals surface area (Å²) in [5, 5.41) is 9.38. The van der Waals surface area contributed by atoms with E-state index >= 15 is 0 Å². The summed E-state index contributed by atoms with van der Waals surface area (Å²) in [4.78, 5) is 6.59. The van der Waals surface area contributed by atoms with Crippen molar-refractivity contribution in [3.8, 4) is 16.9 Å². The summed E-state index contributed by atoms with van der Waals surface area (Å²) in [5.41, 5.74) is 3.92. The van der Waals surface area contributed by atoms with E-state index in [0.717, 1.165) is 55.8 Å². The zero-order valence-corrected chi connectivity index (χ0v) is 18.1. The molecule has 1 N–H and O–H groups in total. The molecule has 3 heterocycles. The van der Waals surface area contributed by atoms with Crippen LogP contribution in [0.2, 0.25) is 0 Å². The van der Waals surface area contributed by atoms with Crippen LogP contribution in [-0.4, -0.2) is 39.9 Å². The van der Waals surface area contributed by atoms with Crippen molar-refractivity contribution in [3.63, 3.8) is 0 Å². The average molecular weight is 454 g/mol. The number of fused-ring (bicyclic) bond motifs is 1. The van der Waals surface area contributed by atoms with E-state index in [0.29, 0.717) is 0 Å². The lowest BCUT2D eigenvalue weighted by molar-refractivity contribution is -0.206. The third-order valence-electron chi connectivity index (χ3n) is 6.71. The smallest absolute Gasteiger partial charge is 0.418 e. The third-order valence-corrected chi connectivity index (χ3v) is 6.71. The van der Waals surface area contributed by atoms with Gasteiger partial charge in [-0.3, -0.25) is 9.88 Å². The van der Waals surface area contributed by atoms with E-state index in [2.05, 4.69) is 22.0 Å². The van der Waals surface area contributed by atoms with Gasteiger partial charge in [0.2, 0.25) is 0 Å². The minimum absolute atomic E-state index is 0.0996. The molecule has 33 heavy (non-hydrogen) atoms. The van der Waals surface area contributed by atoms with Gasteiger partial charge in [0, 0.05) is 50.7 Å². The number of pyridine rings is 1. The van der Waals surface area contributed by atoms with Crippen molar-refractivity contribution >= 4 is 0 Å². The minimum Gasteiger partial charge on any atom is -0.485 e. The van der Waals surface area contributed by atoms with Crippen LogP contribution in [0.5, 0.6) is 5.75 Å². The van der Waals surface area contributed by atoms with Crippen LogP contribution in [0.3, 0.4) is 0 Å². The first-order valence-electron chi connectivity index (χ1n) is 11.1. The molecular formula is C26H25F3N2O2. The molecule has 172 valence electrons. The maximum absolute atomic E-state index is 12.7. The lowest BCUT2D eigenvalue weighted by Gasteiger charge is -2.38. The first kappa shape index (κ1) is 21.9. The maximum Gasteiger partial charge on any atom is 0.418 e. The van der Waals surface area contributed by atoms with Crippen LogP contribution >= 0.6 is 0 Å². The predicted octanol–water partition coefficient (Wildman–Crippen LogP) is 5.31. The van der Waals surface area contributed by atoms with Crippen LogP contribution in [0.15, 0.2) is 67.0 Å². The number of alkyl halides is 3. The van der Waals surface area contributed by atoms with Gasteiger partial charge in [-0.25, -0.2) is 0 Å². The fraction of sp³-hybridized carbons (Fsp3) is 0.346. The van der Waals surface area contributed by atoms with E-state index in [1.54, 1.807) is 12.1 Å². The summed E-state index contributed by atoms with van der Waals surface area (Å²) in [6.45, 7) is 2.78. The number of rotatable bonds is 4. The summed E-state index contributed by atoms with van der Waals surface area (Å²) in [5.74, 6) is 0.919. The van der Waals surface area contributed by atoms with Gasteiger partial charge in [-0.2, -0.15) is 13.2 Å². The van der Waals surface area contributed by atoms with E-state index in [4.69, 9.17) is 4.74 Å². The number of ether oxygens (including phenoxy) is 1. The Balaban J connectivity index is 1.18. The number of hydrogen-bond donors (Lipinski definition) is 1. The van der Waals surface area contributed by atoms with Crippen molar-refractivity contribution in [2.75, 3.05) is 13.1 Å². The second kappa shape index (κ2) is 8.47. The largest absolute Gasteiger partial charge is 0.485 e. The Kier molecular flexibility index (Phi) is 5.62. The molecule has 0 saturated carbocycles. The Morgan fingerprint density at radius 3 is 2.21 bits per heavy atom. The maximum atomic E-state index is 12.7. The highest BCUT2D eigenvalue weighted by Crippen LogP contribution is 2.40. The zero-order chi connectivity index (χ0) is 23.1. The Bertz CT molecular complexity index is 1080. The second-order valence-corrected chi connectivity index (χ2v) is 8.98. The van der Waals surface area contributed by atoms with Gasteiger partial charge in [0.05, 0.1) is 6.20 Å². The fourth-order valence-electron chi connectivity index (χ4n) is 4.77. The quantitative estimate of drug-likeness (QED) is 0.580. The molecule has 5 rings (SSSR count). The summed E-state index contributed by atoms with van der Waals surface area (Å²) >= 11 is 0. The molecule has 1 atom stereocenters. The zero-order valence-electron chi connectivity index (χ0n) is 18.1. The van der Waals surface area contributed by atoms with Crippen molar-refractivity contribution in [2.24, 2.45) is 0 Å². The molecule has 1 unspecified atom stereocenters. The topological polar surface area (TPSA) is 45.6 Å². The van der Waals surface area contributed by atoms with Gasteiger partial charge in [0.25, 0.3) is 0 Å². The molecule has 3 aromatic rings. The Labute approximate surface area is 190 Å². The molecule has 4 nitrogen and oxygen atoms in total. The van der Waals surface area contributed by atoms with Crippen LogP contribution < -0.4 is 4.74 Å². The number of hydrogen-bond acceptors (Lipinski definition) is 4. The number of likely N-dealkylation sites (tertiary alicyclic amines) is 1. The lowest BCUT2D eigenvalue weighted by atomic mass is 9.87. The van der Waals surface area contributed by atoms with Crippen molar-refractivity contribution in [1.29, 1.82) is 0 Å². The number of aromatic nitrogens is 1. The Morgan fingerprint density at radius 2 is 1.61 bits per heavy atom. The van der Waals surface area contributed by atoms with Crippen molar-refractivity contribution < 1.29 is 23.0 Å². The molecule has 1 saturated heterocycles. The molecule has 1 spiro atoms. The first-order chi connectivity index (χ1) is 15.8. The first-order valence-corrected chi connectivity index (χ1v) is 11.1. The Morgan fingerprint density at radius 1 is 0.970 bits per heavy atom. The van der Waals surface area contributed by atoms with Gasteiger partial charge in [0.15, 0.2) is 6.10 Å². The molecule has 0 aliphatic carbocycles. The van der Waals surface area contributed by atoms with Gasteiger partial charge in [-0.1, -0.05) is 48.5 Å². The molecule has 1 aromatic heterocycles. The molecular weight excluding hydrogens is 429 g/mol.